The van der Waals surface area contributed by atoms with Gasteiger partial charge in [0.15, 0.2) is 5.54 Å². The van der Waals surface area contributed by atoms with Crippen LogP contribution in [0.15, 0.2) is 164 Å². The zero-order valence-corrected chi connectivity index (χ0v) is 27.9. The van der Waals surface area contributed by atoms with Gasteiger partial charge >= 0.3 is 0 Å². The van der Waals surface area contributed by atoms with Gasteiger partial charge in [-0.25, -0.2) is 0 Å². The molecule has 0 saturated carbocycles. The maximum atomic E-state index is 6.43. The second-order valence-electron chi connectivity index (χ2n) is 12.4. The molecule has 0 amide bonds. The predicted molar refractivity (Wildman–Crippen MR) is 199 cm³/mol. The van der Waals surface area contributed by atoms with Crippen LogP contribution in [0.3, 0.4) is 0 Å². The molecule has 0 saturated heterocycles. The molecule has 8 rings (SSSR count). The molecule has 0 atom stereocenters. The van der Waals surface area contributed by atoms with Gasteiger partial charge in [-0.3, -0.25) is 4.98 Å². The molecule has 2 heterocycles. The molecule has 0 aliphatic heterocycles. The van der Waals surface area contributed by atoms with Crippen molar-refractivity contribution in [3.05, 3.63) is 197 Å². The van der Waals surface area contributed by atoms with E-state index < -0.39 is 5.54 Å². The number of fused-ring (bicyclic) bond motifs is 1. The number of pyridine rings is 1. The van der Waals surface area contributed by atoms with Crippen molar-refractivity contribution in [2.24, 2.45) is 0 Å². The van der Waals surface area contributed by atoms with Gasteiger partial charge in [0, 0.05) is 22.2 Å². The number of aryl methyl sites for hydroxylation is 1. The Morgan fingerprint density at radius 3 is 1.74 bits per heavy atom. The van der Waals surface area contributed by atoms with E-state index in [-0.39, 0.29) is 0 Å². The van der Waals surface area contributed by atoms with Crippen LogP contribution < -0.4 is 4.74 Å². The van der Waals surface area contributed by atoms with Crippen molar-refractivity contribution in [3.63, 3.8) is 0 Å². The summed E-state index contributed by atoms with van der Waals surface area (Å²) < 4.78 is 6.43. The summed E-state index contributed by atoms with van der Waals surface area (Å²) in [5.41, 5.74) is 9.31. The lowest BCUT2D eigenvalue weighted by molar-refractivity contribution is 0.307. The van der Waals surface area contributed by atoms with Gasteiger partial charge in [0.2, 0.25) is 5.82 Å². The van der Waals surface area contributed by atoms with E-state index in [2.05, 4.69) is 122 Å². The molecule has 0 aliphatic carbocycles. The Bertz CT molecular complexity index is 2290. The first-order valence-electron chi connectivity index (χ1n) is 16.8. The molecule has 0 aliphatic rings. The van der Waals surface area contributed by atoms with Crippen molar-refractivity contribution in [1.29, 1.82) is 0 Å². The molecule has 242 valence electrons. The smallest absolute Gasteiger partial charge is 0.205 e. The number of nitrogens with zero attached hydrogens (tertiary/aromatic N) is 5. The van der Waals surface area contributed by atoms with Gasteiger partial charge in [-0.1, -0.05) is 152 Å². The molecule has 6 aromatic carbocycles. The monoisotopic (exact) mass is 649 g/mol. The van der Waals surface area contributed by atoms with Crippen LogP contribution >= 0.6 is 0 Å². The van der Waals surface area contributed by atoms with Gasteiger partial charge in [0.1, 0.15) is 12.4 Å². The summed E-state index contributed by atoms with van der Waals surface area (Å²) in [5.74, 6) is 1.44. The fraction of sp³-hybridized carbons (Fsp3) is 0.0909. The second-order valence-corrected chi connectivity index (χ2v) is 12.4. The summed E-state index contributed by atoms with van der Waals surface area (Å²) in [4.78, 5) is 6.50. The minimum Gasteiger partial charge on any atom is -0.488 e. The molecular weight excluding hydrogens is 615 g/mol. The normalized spacial score (nSPS) is 11.5. The van der Waals surface area contributed by atoms with Gasteiger partial charge in [-0.2, -0.15) is 0 Å². The minimum atomic E-state index is -0.845. The molecule has 0 bridgehead atoms. The Morgan fingerprint density at radius 1 is 0.580 bits per heavy atom. The van der Waals surface area contributed by atoms with Crippen molar-refractivity contribution in [2.45, 2.75) is 26.0 Å². The molecule has 0 fully saturated rings. The van der Waals surface area contributed by atoms with Crippen molar-refractivity contribution in [2.75, 3.05) is 0 Å². The van der Waals surface area contributed by atoms with Crippen LogP contribution in [0.1, 0.15) is 33.5 Å². The highest BCUT2D eigenvalue weighted by Crippen LogP contribution is 2.40. The fourth-order valence-corrected chi connectivity index (χ4v) is 6.79. The topological polar surface area (TPSA) is 65.7 Å². The van der Waals surface area contributed by atoms with Gasteiger partial charge in [0.05, 0.1) is 5.52 Å². The van der Waals surface area contributed by atoms with E-state index in [1.807, 2.05) is 55.5 Å². The van der Waals surface area contributed by atoms with Crippen molar-refractivity contribution >= 4 is 10.9 Å². The highest BCUT2D eigenvalue weighted by molar-refractivity contribution is 5.86. The van der Waals surface area contributed by atoms with Crippen LogP contribution in [0.5, 0.6) is 5.75 Å². The number of rotatable bonds is 9. The Balaban J connectivity index is 1.15. The number of para-hydroxylation sites is 1. The van der Waals surface area contributed by atoms with Crippen LogP contribution in [-0.4, -0.2) is 25.2 Å². The first-order chi connectivity index (χ1) is 24.6. The lowest BCUT2D eigenvalue weighted by Crippen LogP contribution is -2.39. The third-order valence-electron chi connectivity index (χ3n) is 9.42. The molecule has 50 heavy (non-hydrogen) atoms. The predicted octanol–water partition coefficient (Wildman–Crippen LogP) is 9.59. The van der Waals surface area contributed by atoms with Crippen molar-refractivity contribution in [1.82, 2.24) is 25.2 Å². The fourth-order valence-electron chi connectivity index (χ4n) is 6.79. The highest BCUT2D eigenvalue weighted by atomic mass is 16.5. The zero-order valence-electron chi connectivity index (χ0n) is 27.9. The number of hydrogen-bond donors (Lipinski definition) is 0. The third-order valence-corrected chi connectivity index (χ3v) is 9.42. The van der Waals surface area contributed by atoms with E-state index >= 15 is 0 Å². The lowest BCUT2D eigenvalue weighted by atomic mass is 9.77. The van der Waals surface area contributed by atoms with E-state index in [1.165, 1.54) is 0 Å². The summed E-state index contributed by atoms with van der Waals surface area (Å²) in [6, 6.07) is 56.0. The number of ether oxygens (including phenoxy) is 1. The van der Waals surface area contributed by atoms with Crippen LogP contribution in [0.25, 0.3) is 33.4 Å². The number of hydrogen-bond acceptors (Lipinski definition) is 5. The van der Waals surface area contributed by atoms with Gasteiger partial charge < -0.3 is 4.74 Å². The SMILES string of the molecule is Cc1nc2ccccc2c(OCc2ccc(-c3ccccc3-c3nnn(C(c4ccccc4)(c4ccccc4)c4ccccc4)n3)cc2)c1C. The molecule has 0 N–H and O–H groups in total. The summed E-state index contributed by atoms with van der Waals surface area (Å²) in [6.07, 6.45) is 0. The molecule has 2 aromatic heterocycles. The molecule has 0 unspecified atom stereocenters. The Labute approximate surface area is 291 Å². The first kappa shape index (κ1) is 30.9. The molecule has 6 heteroatoms. The van der Waals surface area contributed by atoms with Gasteiger partial charge in [-0.05, 0) is 64.6 Å². The van der Waals surface area contributed by atoms with E-state index in [0.717, 1.165) is 66.9 Å². The van der Waals surface area contributed by atoms with Crippen molar-refractivity contribution < 1.29 is 4.74 Å². The zero-order chi connectivity index (χ0) is 33.9. The Kier molecular flexibility index (Phi) is 8.19. The summed E-state index contributed by atoms with van der Waals surface area (Å²) in [6.45, 7) is 4.55. The van der Waals surface area contributed by atoms with Crippen LogP contribution in [0, 0.1) is 13.8 Å². The van der Waals surface area contributed by atoms with E-state index in [4.69, 9.17) is 25.1 Å². The first-order valence-corrected chi connectivity index (χ1v) is 16.8. The maximum Gasteiger partial charge on any atom is 0.205 e. The third kappa shape index (κ3) is 5.51. The second kappa shape index (κ2) is 13.2. The molecule has 6 nitrogen and oxygen atoms in total. The largest absolute Gasteiger partial charge is 0.488 e. The van der Waals surface area contributed by atoms with Crippen LogP contribution in [0.2, 0.25) is 0 Å². The van der Waals surface area contributed by atoms with Crippen LogP contribution in [-0.2, 0) is 12.1 Å². The summed E-state index contributed by atoms with van der Waals surface area (Å²) in [5, 5.41) is 15.7. The molecule has 0 radical (unpaired) electrons. The quantitative estimate of drug-likeness (QED) is 0.146. The standard InChI is InChI=1S/C44H35N5O/c1-31-32(2)45-41-25-15-14-24-40(41)42(31)50-30-33-26-28-34(29-27-33)38-22-12-13-23-39(38)43-46-48-49(47-43)44(35-16-6-3-7-17-35,36-18-8-4-9-19-36)37-20-10-5-11-21-37/h3-29H,30H2,1-2H3. The summed E-state index contributed by atoms with van der Waals surface area (Å²) in [7, 11) is 0. The van der Waals surface area contributed by atoms with Gasteiger partial charge in [0.25, 0.3) is 0 Å². The molecule has 0 spiro atoms. The average molecular weight is 650 g/mol. The number of tetrazole rings is 1. The highest BCUT2D eigenvalue weighted by Gasteiger charge is 2.41. The maximum absolute atomic E-state index is 6.43. The van der Waals surface area contributed by atoms with E-state index in [1.54, 1.807) is 4.80 Å². The van der Waals surface area contributed by atoms with E-state index in [9.17, 15) is 0 Å². The summed E-state index contributed by atoms with van der Waals surface area (Å²) >= 11 is 0. The van der Waals surface area contributed by atoms with Gasteiger partial charge in [-0.15, -0.1) is 15.0 Å². The Morgan fingerprint density at radius 2 is 1.12 bits per heavy atom. The van der Waals surface area contributed by atoms with Crippen LogP contribution in [0.4, 0.5) is 0 Å². The minimum absolute atomic E-state index is 0.451. The average Bonchev–Trinajstić information content (AvgIpc) is 3.67. The number of benzene rings is 6. The number of aromatic nitrogens is 5. The van der Waals surface area contributed by atoms with Crippen molar-refractivity contribution in [3.8, 4) is 28.3 Å². The molecule has 8 aromatic rings. The molecular formula is C44H35N5O. The van der Waals surface area contributed by atoms with E-state index in [0.29, 0.717) is 12.4 Å². The lowest BCUT2D eigenvalue weighted by Gasteiger charge is -2.34. The Hall–Kier alpha value is -6.40.